The van der Waals surface area contributed by atoms with Gasteiger partial charge in [-0.2, -0.15) is 0 Å². The second-order valence-corrected chi connectivity index (χ2v) is 24.8. The molecule has 3 aromatic rings. The van der Waals surface area contributed by atoms with Gasteiger partial charge in [-0.15, -0.1) is 0 Å². The predicted octanol–water partition coefficient (Wildman–Crippen LogP) is 9.07. The number of hydrogen-bond donors (Lipinski definition) is 2. The molecule has 240 valence electrons. The Bertz CT molecular complexity index is 1480. The van der Waals surface area contributed by atoms with Crippen LogP contribution in [0.15, 0.2) is 54.6 Å². The summed E-state index contributed by atoms with van der Waals surface area (Å²) < 4.78 is 15.1. The molecule has 0 spiro atoms. The van der Waals surface area contributed by atoms with Crippen LogP contribution < -0.4 is 3.58 Å². The van der Waals surface area contributed by atoms with Gasteiger partial charge in [-0.3, -0.25) is 0 Å². The first-order valence-electron chi connectivity index (χ1n) is 16.0. The maximum atomic E-state index is 12.2. The van der Waals surface area contributed by atoms with Crippen LogP contribution in [-0.2, 0) is 9.47 Å². The number of phenols is 2. The van der Waals surface area contributed by atoms with E-state index >= 15 is 0 Å². The monoisotopic (exact) mass is 720 g/mol. The van der Waals surface area contributed by atoms with Gasteiger partial charge in [0.15, 0.2) is 0 Å². The summed E-state index contributed by atoms with van der Waals surface area (Å²) in [6.45, 7) is 6.83. The molecule has 0 aliphatic rings. The minimum absolute atomic E-state index is 0.0999. The number of ether oxygens (including phenoxy) is 2. The molecule has 2 N–H and O–H groups in total. The van der Waals surface area contributed by atoms with Gasteiger partial charge in [0.25, 0.3) is 0 Å². The van der Waals surface area contributed by atoms with Crippen molar-refractivity contribution in [3.8, 4) is 11.5 Å². The van der Waals surface area contributed by atoms with Crippen molar-refractivity contribution in [1.82, 2.24) is 0 Å². The van der Waals surface area contributed by atoms with Crippen LogP contribution in [0.2, 0.25) is 13.3 Å². The van der Waals surface area contributed by atoms with Gasteiger partial charge in [0.2, 0.25) is 0 Å². The van der Waals surface area contributed by atoms with Crippen LogP contribution in [0.25, 0.3) is 24.3 Å². The second-order valence-electron chi connectivity index (χ2n) is 11.6. The number of esters is 2. The van der Waals surface area contributed by atoms with E-state index in [-0.39, 0.29) is 22.6 Å². The topological polar surface area (TPSA) is 93.1 Å². The van der Waals surface area contributed by atoms with Gasteiger partial charge in [-0.05, 0) is 0 Å². The first-order valence-corrected chi connectivity index (χ1v) is 23.5. The number of aromatic hydroxyl groups is 2. The van der Waals surface area contributed by atoms with E-state index in [1.807, 2.05) is 12.2 Å². The number of methoxy groups -OCH3 is 2. The summed E-state index contributed by atoms with van der Waals surface area (Å²) >= 11 is -2.92. The Kier molecular flexibility index (Phi) is 14.2. The van der Waals surface area contributed by atoms with Crippen LogP contribution in [0.3, 0.4) is 0 Å². The molecule has 6 nitrogen and oxygen atoms in total. The molecule has 0 saturated carbocycles. The molecule has 3 rings (SSSR count). The van der Waals surface area contributed by atoms with Gasteiger partial charge in [0, 0.05) is 0 Å². The molecule has 0 aliphatic heterocycles. The van der Waals surface area contributed by atoms with Gasteiger partial charge in [0.1, 0.15) is 0 Å². The second kappa shape index (κ2) is 17.8. The Morgan fingerprint density at radius 2 is 1.02 bits per heavy atom. The number of hydrogen-bond acceptors (Lipinski definition) is 6. The molecule has 0 heterocycles. The Morgan fingerprint density at radius 3 is 1.44 bits per heavy atom. The first kappa shape index (κ1) is 36.0. The summed E-state index contributed by atoms with van der Waals surface area (Å²) in [5.74, 6) is -1.35. The number of carbonyl (C=O) groups is 2. The van der Waals surface area contributed by atoms with Gasteiger partial charge >= 0.3 is 274 Å². The molecule has 0 radical (unpaired) electrons. The van der Waals surface area contributed by atoms with E-state index in [0.29, 0.717) is 0 Å². The molecule has 0 atom stereocenters. The van der Waals surface area contributed by atoms with Gasteiger partial charge in [-0.1, -0.05) is 0 Å². The van der Waals surface area contributed by atoms with E-state index in [4.69, 9.17) is 9.47 Å². The zero-order valence-electron chi connectivity index (χ0n) is 27.4. The van der Waals surface area contributed by atoms with Crippen molar-refractivity contribution in [3.63, 3.8) is 0 Å². The van der Waals surface area contributed by atoms with Gasteiger partial charge in [-0.25, -0.2) is 0 Å². The number of rotatable bonds is 16. The van der Waals surface area contributed by atoms with Gasteiger partial charge in [0.05, 0.1) is 0 Å². The average Bonchev–Trinajstić information content (AvgIpc) is 3.06. The molecule has 0 amide bonds. The molecule has 45 heavy (non-hydrogen) atoms. The van der Waals surface area contributed by atoms with Crippen LogP contribution in [0.4, 0.5) is 0 Å². The predicted molar refractivity (Wildman–Crippen MR) is 188 cm³/mol. The molecule has 0 saturated heterocycles. The maximum absolute atomic E-state index is 12.2. The number of phenolic OH excluding ortho intramolecular Hbond substituents is 2. The Labute approximate surface area is 272 Å². The summed E-state index contributed by atoms with van der Waals surface area (Å²) in [5, 5.41) is 20.3. The summed E-state index contributed by atoms with van der Waals surface area (Å²) in [4.78, 5) is 24.3. The Hall–Kier alpha value is -3.52. The van der Waals surface area contributed by atoms with E-state index < -0.39 is 30.3 Å². The van der Waals surface area contributed by atoms with Crippen LogP contribution in [0.5, 0.6) is 11.5 Å². The number of carbonyl (C=O) groups excluding carboxylic acids is 2. The fraction of sp³-hybridized carbons (Fsp3) is 0.368. The van der Waals surface area contributed by atoms with Crippen molar-refractivity contribution in [2.75, 3.05) is 14.2 Å². The van der Waals surface area contributed by atoms with Gasteiger partial charge < -0.3 is 0 Å². The zero-order valence-corrected chi connectivity index (χ0v) is 30.3. The van der Waals surface area contributed by atoms with Crippen molar-refractivity contribution in [1.29, 1.82) is 0 Å². The zero-order chi connectivity index (χ0) is 32.8. The summed E-state index contributed by atoms with van der Waals surface area (Å²) in [7, 11) is 2.61. The molecular formula is C38H48O6Sn. The molecule has 3 aromatic carbocycles. The van der Waals surface area contributed by atoms with Crippen molar-refractivity contribution in [2.45, 2.75) is 72.6 Å². The van der Waals surface area contributed by atoms with Crippen LogP contribution in [0, 0.1) is 0 Å². The fourth-order valence-electron chi connectivity index (χ4n) is 5.85. The normalized spacial score (nSPS) is 11.8. The molecule has 0 unspecified atom stereocenters. The fourth-order valence-corrected chi connectivity index (χ4v) is 22.7. The standard InChI is InChI=1S/C26H21O6.3C4H9.Sn/c1-31-25(29)21-15-19(11-13-23(21)27)9-7-17-3-5-18(6-4-17)8-10-20-12-14-24(28)22(16-20)26(30)32-2;3*1-3-4-2;/h3-5,7-16,27-28H,1-2H3;3*1,3-4H2,2H3;/b9-7+,10-8+;;;;. The first-order chi connectivity index (χ1) is 21.7. The van der Waals surface area contributed by atoms with E-state index in [1.54, 1.807) is 24.3 Å². The SMILES string of the molecule is CCC[CH2][Sn]([CH2]CCC)([CH2]CCC)[c]1cc(/C=C/c2ccc(O)c(C(=O)OC)c2)ccc1/C=C/c1ccc(O)c(C(=O)OC)c1. The molecule has 0 aromatic heterocycles. The molecule has 0 bridgehead atoms. The molecule has 0 aliphatic carbocycles. The van der Waals surface area contributed by atoms with E-state index in [2.05, 4.69) is 51.1 Å². The quantitative estimate of drug-likeness (QED) is 0.0872. The van der Waals surface area contributed by atoms with E-state index in [9.17, 15) is 19.8 Å². The summed E-state index contributed by atoms with van der Waals surface area (Å²) in [6.07, 6.45) is 15.4. The molecular weight excluding hydrogens is 671 g/mol. The Balaban J connectivity index is 2.15. The third-order valence-electron chi connectivity index (χ3n) is 8.45. The van der Waals surface area contributed by atoms with E-state index in [1.165, 1.54) is 87.3 Å². The third kappa shape index (κ3) is 9.73. The molecule has 7 heteroatoms. The summed E-state index contributed by atoms with van der Waals surface area (Å²) in [5.41, 5.74) is 4.21. The number of benzene rings is 3. The van der Waals surface area contributed by atoms with E-state index in [0.717, 1.165) is 16.7 Å². The van der Waals surface area contributed by atoms with Crippen LogP contribution in [-0.4, -0.2) is 54.7 Å². The Morgan fingerprint density at radius 1 is 0.622 bits per heavy atom. The van der Waals surface area contributed by atoms with Crippen molar-refractivity contribution in [3.05, 3.63) is 88.0 Å². The number of unbranched alkanes of at least 4 members (excludes halogenated alkanes) is 3. The minimum atomic E-state index is -2.92. The van der Waals surface area contributed by atoms with Crippen LogP contribution >= 0.6 is 0 Å². The van der Waals surface area contributed by atoms with Crippen LogP contribution in [0.1, 0.15) is 102 Å². The van der Waals surface area contributed by atoms with Crippen molar-refractivity contribution < 1.29 is 29.3 Å². The summed E-state index contributed by atoms with van der Waals surface area (Å²) in [6, 6.07) is 16.7. The third-order valence-corrected chi connectivity index (χ3v) is 24.2. The van der Waals surface area contributed by atoms with Crippen molar-refractivity contribution >= 4 is 58.2 Å². The van der Waals surface area contributed by atoms with Crippen molar-refractivity contribution in [2.24, 2.45) is 0 Å². The molecule has 0 fully saturated rings. The average molecular weight is 720 g/mol.